The lowest BCUT2D eigenvalue weighted by Crippen LogP contribution is -2.56. The van der Waals surface area contributed by atoms with Crippen molar-refractivity contribution in [1.29, 1.82) is 0 Å². The molecule has 1 unspecified atom stereocenters. The average Bonchev–Trinajstić information content (AvgIpc) is 3.37. The van der Waals surface area contributed by atoms with Crippen molar-refractivity contribution in [3.63, 3.8) is 0 Å². The minimum atomic E-state index is -0.987. The molecule has 2 aliphatic rings. The van der Waals surface area contributed by atoms with Crippen LogP contribution in [0.5, 0.6) is 0 Å². The molecule has 0 bridgehead atoms. The van der Waals surface area contributed by atoms with Crippen molar-refractivity contribution < 1.29 is 14.4 Å². The van der Waals surface area contributed by atoms with Crippen LogP contribution in [0.25, 0.3) is 0 Å². The number of imide groups is 1. The van der Waals surface area contributed by atoms with Gasteiger partial charge in [-0.3, -0.25) is 14.5 Å². The quantitative estimate of drug-likeness (QED) is 0.523. The van der Waals surface area contributed by atoms with Crippen LogP contribution in [-0.4, -0.2) is 62.4 Å². The van der Waals surface area contributed by atoms with Crippen molar-refractivity contribution in [2.75, 3.05) is 19.6 Å². The van der Waals surface area contributed by atoms with Crippen LogP contribution >= 0.6 is 11.5 Å². The van der Waals surface area contributed by atoms with Gasteiger partial charge in [-0.15, -0.1) is 11.0 Å². The van der Waals surface area contributed by atoms with Gasteiger partial charge < -0.3 is 10.2 Å². The van der Waals surface area contributed by atoms with E-state index >= 15 is 0 Å². The molecule has 2 fully saturated rings. The number of amides is 4. The SMILES string of the molecule is CC#CCN1C(=O)NC(CCc2ccccc2)(C2CCN(C(=O)c3snnc3C)CC2)C1=O. The van der Waals surface area contributed by atoms with Gasteiger partial charge in [0.15, 0.2) is 0 Å². The first-order valence-corrected chi connectivity index (χ1v) is 11.9. The molecule has 0 spiro atoms. The van der Waals surface area contributed by atoms with Crippen molar-refractivity contribution >= 4 is 29.4 Å². The second-order valence-corrected chi connectivity index (χ2v) is 9.21. The standard InChI is InChI=1S/C24H27N5O3S/c1-3-4-14-29-22(31)24(25-23(29)32,13-10-18-8-6-5-7-9-18)19-11-15-28(16-12-19)21(30)20-17(2)26-27-33-20/h5-9,19H,10-16H2,1-2H3,(H,25,32). The number of benzene rings is 1. The fourth-order valence-corrected chi connectivity index (χ4v) is 5.35. The minimum Gasteiger partial charge on any atom is -0.338 e. The number of nitrogens with one attached hydrogen (secondary N) is 1. The first-order valence-electron chi connectivity index (χ1n) is 11.1. The highest BCUT2D eigenvalue weighted by atomic mass is 32.1. The summed E-state index contributed by atoms with van der Waals surface area (Å²) in [6.07, 6.45) is 2.44. The van der Waals surface area contributed by atoms with Crippen LogP contribution in [0, 0.1) is 24.7 Å². The Morgan fingerprint density at radius 2 is 1.97 bits per heavy atom. The molecule has 8 nitrogen and oxygen atoms in total. The number of carbonyl (C=O) groups is 3. The number of hydrogen-bond donors (Lipinski definition) is 1. The smallest absolute Gasteiger partial charge is 0.325 e. The minimum absolute atomic E-state index is 0.0676. The van der Waals surface area contributed by atoms with Gasteiger partial charge in [0.2, 0.25) is 0 Å². The molecule has 4 amide bonds. The summed E-state index contributed by atoms with van der Waals surface area (Å²) in [6, 6.07) is 9.58. The van der Waals surface area contributed by atoms with E-state index in [4.69, 9.17) is 0 Å². The van der Waals surface area contributed by atoms with Crippen molar-refractivity contribution in [3.8, 4) is 11.8 Å². The Labute approximate surface area is 197 Å². The van der Waals surface area contributed by atoms with E-state index in [9.17, 15) is 14.4 Å². The average molecular weight is 466 g/mol. The molecule has 1 N–H and O–H groups in total. The number of rotatable bonds is 6. The number of aryl methyl sites for hydroxylation is 2. The van der Waals surface area contributed by atoms with E-state index in [1.165, 1.54) is 4.90 Å². The van der Waals surface area contributed by atoms with Crippen LogP contribution in [0.4, 0.5) is 4.79 Å². The molecular weight excluding hydrogens is 438 g/mol. The second-order valence-electron chi connectivity index (χ2n) is 8.46. The molecule has 172 valence electrons. The van der Waals surface area contributed by atoms with E-state index in [1.54, 1.807) is 18.7 Å². The maximum Gasteiger partial charge on any atom is 0.325 e. The van der Waals surface area contributed by atoms with Crippen LogP contribution in [0.2, 0.25) is 0 Å². The Hall–Kier alpha value is -3.25. The third kappa shape index (κ3) is 4.48. The molecule has 2 aromatic rings. The monoisotopic (exact) mass is 465 g/mol. The lowest BCUT2D eigenvalue weighted by atomic mass is 9.74. The molecule has 2 saturated heterocycles. The number of likely N-dealkylation sites (tertiary alicyclic amines) is 1. The molecule has 1 atom stereocenters. The predicted molar refractivity (Wildman–Crippen MR) is 124 cm³/mol. The Morgan fingerprint density at radius 1 is 1.24 bits per heavy atom. The van der Waals surface area contributed by atoms with E-state index in [1.807, 2.05) is 30.3 Å². The van der Waals surface area contributed by atoms with Crippen molar-refractivity contribution in [2.24, 2.45) is 5.92 Å². The van der Waals surface area contributed by atoms with Crippen molar-refractivity contribution in [2.45, 2.75) is 45.1 Å². The van der Waals surface area contributed by atoms with Gasteiger partial charge in [-0.2, -0.15) is 0 Å². The van der Waals surface area contributed by atoms with Gasteiger partial charge >= 0.3 is 6.03 Å². The second kappa shape index (κ2) is 9.71. The molecule has 0 aliphatic carbocycles. The Bertz CT molecular complexity index is 1100. The van der Waals surface area contributed by atoms with Crippen LogP contribution in [0.1, 0.15) is 47.1 Å². The summed E-state index contributed by atoms with van der Waals surface area (Å²) in [6.45, 7) is 4.59. The number of aromatic nitrogens is 2. The van der Waals surface area contributed by atoms with Gasteiger partial charge in [-0.1, -0.05) is 40.7 Å². The molecule has 2 aliphatic heterocycles. The normalized spacial score (nSPS) is 21.0. The highest BCUT2D eigenvalue weighted by Gasteiger charge is 2.55. The molecule has 1 aromatic heterocycles. The summed E-state index contributed by atoms with van der Waals surface area (Å²) in [5.74, 6) is 5.25. The van der Waals surface area contributed by atoms with E-state index < -0.39 is 5.54 Å². The summed E-state index contributed by atoms with van der Waals surface area (Å²) in [5, 5.41) is 6.98. The maximum absolute atomic E-state index is 13.6. The van der Waals surface area contributed by atoms with Crippen LogP contribution in [-0.2, 0) is 11.2 Å². The van der Waals surface area contributed by atoms with Crippen molar-refractivity contribution in [3.05, 3.63) is 46.5 Å². The zero-order valence-corrected chi connectivity index (χ0v) is 19.7. The highest BCUT2D eigenvalue weighted by Crippen LogP contribution is 2.37. The van der Waals surface area contributed by atoms with Crippen LogP contribution < -0.4 is 5.32 Å². The number of nitrogens with zero attached hydrogens (tertiary/aromatic N) is 4. The molecular formula is C24H27N5O3S. The summed E-state index contributed by atoms with van der Waals surface area (Å²) < 4.78 is 3.87. The lowest BCUT2D eigenvalue weighted by Gasteiger charge is -2.41. The predicted octanol–water partition coefficient (Wildman–Crippen LogP) is 2.65. The molecule has 1 aromatic carbocycles. The Kier molecular flexibility index (Phi) is 6.75. The van der Waals surface area contributed by atoms with Crippen LogP contribution in [0.3, 0.4) is 0 Å². The van der Waals surface area contributed by atoms with Gasteiger partial charge in [0.25, 0.3) is 11.8 Å². The fraction of sp³-hybridized carbons (Fsp3) is 0.458. The highest BCUT2D eigenvalue weighted by molar-refractivity contribution is 7.07. The summed E-state index contributed by atoms with van der Waals surface area (Å²) in [5.41, 5.74) is 0.767. The molecule has 9 heteroatoms. The maximum atomic E-state index is 13.6. The van der Waals surface area contributed by atoms with E-state index in [2.05, 4.69) is 26.7 Å². The Balaban J connectivity index is 1.53. The third-order valence-electron chi connectivity index (χ3n) is 6.59. The van der Waals surface area contributed by atoms with Gasteiger partial charge in [0.05, 0.1) is 12.2 Å². The topological polar surface area (TPSA) is 95.5 Å². The summed E-state index contributed by atoms with van der Waals surface area (Å²) in [7, 11) is 0. The molecule has 0 radical (unpaired) electrons. The number of hydrogen-bond acceptors (Lipinski definition) is 6. The van der Waals surface area contributed by atoms with Gasteiger partial charge in [0, 0.05) is 13.1 Å². The van der Waals surface area contributed by atoms with Gasteiger partial charge in [0.1, 0.15) is 10.4 Å². The molecule has 3 heterocycles. The zero-order chi connectivity index (χ0) is 23.4. The number of urea groups is 1. The third-order valence-corrected chi connectivity index (χ3v) is 7.41. The fourth-order valence-electron chi connectivity index (χ4n) is 4.73. The van der Waals surface area contributed by atoms with E-state index in [-0.39, 0.29) is 30.3 Å². The lowest BCUT2D eigenvalue weighted by molar-refractivity contribution is -0.133. The first-order chi connectivity index (χ1) is 16.0. The van der Waals surface area contributed by atoms with E-state index in [0.29, 0.717) is 49.3 Å². The van der Waals surface area contributed by atoms with Gasteiger partial charge in [-0.25, -0.2) is 4.79 Å². The molecule has 33 heavy (non-hydrogen) atoms. The first kappa shape index (κ1) is 22.9. The van der Waals surface area contributed by atoms with Crippen LogP contribution in [0.15, 0.2) is 30.3 Å². The molecule has 4 rings (SSSR count). The summed E-state index contributed by atoms with van der Waals surface area (Å²) in [4.78, 5) is 42.8. The Morgan fingerprint density at radius 3 is 2.61 bits per heavy atom. The number of carbonyl (C=O) groups excluding carboxylic acids is 3. The molecule has 0 saturated carbocycles. The van der Waals surface area contributed by atoms with E-state index in [0.717, 1.165) is 17.1 Å². The van der Waals surface area contributed by atoms with Gasteiger partial charge in [-0.05, 0) is 62.5 Å². The summed E-state index contributed by atoms with van der Waals surface area (Å²) >= 11 is 1.11. The van der Waals surface area contributed by atoms with Crippen molar-refractivity contribution in [1.82, 2.24) is 24.7 Å². The zero-order valence-electron chi connectivity index (χ0n) is 18.8. The largest absolute Gasteiger partial charge is 0.338 e. The number of piperidine rings is 1.